The molecule has 9 heteroatoms. The number of hydrogen-bond donors (Lipinski definition) is 1. The van der Waals surface area contributed by atoms with Crippen LogP contribution >= 0.6 is 0 Å². The van der Waals surface area contributed by atoms with Crippen LogP contribution in [0.15, 0.2) is 52.0 Å². The SMILES string of the molecule is C[C@@H]1CCCN(S(=O)(=O)c2ccc(C(=O)NC3CCN(C(=O)c4ccco4)CC3)cc2)C1. The van der Waals surface area contributed by atoms with Gasteiger partial charge in [-0.15, -0.1) is 0 Å². The number of nitrogens with one attached hydrogen (secondary N) is 1. The van der Waals surface area contributed by atoms with E-state index in [4.69, 9.17) is 4.42 Å². The van der Waals surface area contributed by atoms with Crippen LogP contribution in [0.5, 0.6) is 0 Å². The Labute approximate surface area is 188 Å². The van der Waals surface area contributed by atoms with E-state index in [1.54, 1.807) is 29.2 Å². The average Bonchev–Trinajstić information content (AvgIpc) is 3.34. The minimum absolute atomic E-state index is 0.0404. The van der Waals surface area contributed by atoms with Crippen molar-refractivity contribution in [1.29, 1.82) is 0 Å². The number of rotatable bonds is 5. The van der Waals surface area contributed by atoms with Crippen LogP contribution in [0.2, 0.25) is 0 Å². The fraction of sp³-hybridized carbons (Fsp3) is 0.478. The molecule has 1 aromatic heterocycles. The molecular formula is C23H29N3O5S. The van der Waals surface area contributed by atoms with Gasteiger partial charge in [0.25, 0.3) is 11.8 Å². The fourth-order valence-electron chi connectivity index (χ4n) is 4.34. The molecule has 1 aromatic carbocycles. The molecule has 2 fully saturated rings. The summed E-state index contributed by atoms with van der Waals surface area (Å²) in [6.45, 7) is 4.21. The van der Waals surface area contributed by atoms with Crippen molar-refractivity contribution in [3.05, 3.63) is 54.0 Å². The largest absolute Gasteiger partial charge is 0.459 e. The molecule has 0 radical (unpaired) electrons. The predicted molar refractivity (Wildman–Crippen MR) is 119 cm³/mol. The van der Waals surface area contributed by atoms with Crippen molar-refractivity contribution < 1.29 is 22.4 Å². The smallest absolute Gasteiger partial charge is 0.289 e. The molecular weight excluding hydrogens is 430 g/mol. The minimum atomic E-state index is -3.54. The zero-order valence-electron chi connectivity index (χ0n) is 18.2. The summed E-state index contributed by atoms with van der Waals surface area (Å²) in [6, 6.07) is 9.43. The number of sulfonamides is 1. The first kappa shape index (κ1) is 22.5. The maximum atomic E-state index is 12.9. The first-order valence-electron chi connectivity index (χ1n) is 11.1. The molecule has 2 saturated heterocycles. The Balaban J connectivity index is 1.32. The molecule has 32 heavy (non-hydrogen) atoms. The van der Waals surface area contributed by atoms with Gasteiger partial charge in [-0.1, -0.05) is 6.92 Å². The summed E-state index contributed by atoms with van der Waals surface area (Å²) in [5, 5.41) is 3.00. The van der Waals surface area contributed by atoms with Crippen molar-refractivity contribution in [2.75, 3.05) is 26.2 Å². The second-order valence-electron chi connectivity index (χ2n) is 8.65. The van der Waals surface area contributed by atoms with E-state index in [1.807, 2.05) is 0 Å². The Kier molecular flexibility index (Phi) is 6.66. The number of likely N-dealkylation sites (tertiary alicyclic amines) is 1. The minimum Gasteiger partial charge on any atom is -0.459 e. The third-order valence-electron chi connectivity index (χ3n) is 6.22. The van der Waals surface area contributed by atoms with Crippen LogP contribution in [-0.2, 0) is 10.0 Å². The van der Waals surface area contributed by atoms with Crippen LogP contribution in [0.25, 0.3) is 0 Å². The van der Waals surface area contributed by atoms with Gasteiger partial charge in [0.05, 0.1) is 11.2 Å². The molecule has 3 heterocycles. The van der Waals surface area contributed by atoms with Gasteiger partial charge in [-0.2, -0.15) is 4.31 Å². The predicted octanol–water partition coefficient (Wildman–Crippen LogP) is 2.73. The van der Waals surface area contributed by atoms with Crippen LogP contribution < -0.4 is 5.32 Å². The van der Waals surface area contributed by atoms with Gasteiger partial charge < -0.3 is 14.6 Å². The second-order valence-corrected chi connectivity index (χ2v) is 10.6. The van der Waals surface area contributed by atoms with Gasteiger partial charge in [0.1, 0.15) is 0 Å². The maximum absolute atomic E-state index is 12.9. The van der Waals surface area contributed by atoms with Gasteiger partial charge in [-0.3, -0.25) is 9.59 Å². The molecule has 0 aliphatic carbocycles. The van der Waals surface area contributed by atoms with Gasteiger partial charge in [-0.05, 0) is 68.0 Å². The highest BCUT2D eigenvalue weighted by Gasteiger charge is 2.29. The Morgan fingerprint density at radius 2 is 1.75 bits per heavy atom. The number of furan rings is 1. The van der Waals surface area contributed by atoms with E-state index in [-0.39, 0.29) is 22.8 Å². The molecule has 2 aliphatic heterocycles. The third kappa shape index (κ3) is 4.88. The number of benzene rings is 1. The molecule has 1 atom stereocenters. The fourth-order valence-corrected chi connectivity index (χ4v) is 5.94. The molecule has 2 amide bonds. The number of nitrogens with zero attached hydrogens (tertiary/aromatic N) is 2. The van der Waals surface area contributed by atoms with E-state index in [0.717, 1.165) is 12.8 Å². The first-order valence-corrected chi connectivity index (χ1v) is 12.5. The number of carbonyl (C=O) groups excluding carboxylic acids is 2. The molecule has 0 bridgehead atoms. The van der Waals surface area contributed by atoms with E-state index in [0.29, 0.717) is 56.3 Å². The monoisotopic (exact) mass is 459 g/mol. The van der Waals surface area contributed by atoms with Crippen LogP contribution in [0.3, 0.4) is 0 Å². The Hall–Kier alpha value is -2.65. The first-order chi connectivity index (χ1) is 15.3. The highest BCUT2D eigenvalue weighted by Crippen LogP contribution is 2.24. The van der Waals surface area contributed by atoms with Crippen molar-refractivity contribution in [2.45, 2.75) is 43.5 Å². The molecule has 4 rings (SSSR count). The van der Waals surface area contributed by atoms with Crippen molar-refractivity contribution in [2.24, 2.45) is 5.92 Å². The summed E-state index contributed by atoms with van der Waals surface area (Å²) in [5.41, 5.74) is 0.421. The number of amides is 2. The summed E-state index contributed by atoms with van der Waals surface area (Å²) >= 11 is 0. The molecule has 0 unspecified atom stereocenters. The summed E-state index contributed by atoms with van der Waals surface area (Å²) in [6.07, 6.45) is 4.69. The highest BCUT2D eigenvalue weighted by atomic mass is 32.2. The van der Waals surface area contributed by atoms with Gasteiger partial charge in [0.15, 0.2) is 5.76 Å². The summed E-state index contributed by atoms with van der Waals surface area (Å²) in [5.74, 6) is 0.293. The molecule has 0 saturated carbocycles. The molecule has 0 spiro atoms. The van der Waals surface area contributed by atoms with E-state index < -0.39 is 10.0 Å². The van der Waals surface area contributed by atoms with E-state index in [2.05, 4.69) is 12.2 Å². The van der Waals surface area contributed by atoms with Crippen molar-refractivity contribution in [1.82, 2.24) is 14.5 Å². The maximum Gasteiger partial charge on any atom is 0.289 e. The molecule has 172 valence electrons. The van der Waals surface area contributed by atoms with E-state index in [1.165, 1.54) is 22.7 Å². The summed E-state index contributed by atoms with van der Waals surface area (Å²) in [4.78, 5) is 26.9. The quantitative estimate of drug-likeness (QED) is 0.741. The second kappa shape index (κ2) is 9.46. The topological polar surface area (TPSA) is 99.9 Å². The van der Waals surface area contributed by atoms with Crippen LogP contribution in [0.4, 0.5) is 0 Å². The van der Waals surface area contributed by atoms with Gasteiger partial charge in [-0.25, -0.2) is 8.42 Å². The Morgan fingerprint density at radius 1 is 1.03 bits per heavy atom. The normalized spacial score (nSPS) is 20.8. The third-order valence-corrected chi connectivity index (χ3v) is 8.10. The lowest BCUT2D eigenvalue weighted by Crippen LogP contribution is -2.46. The number of piperidine rings is 2. The van der Waals surface area contributed by atoms with Crippen molar-refractivity contribution >= 4 is 21.8 Å². The summed E-state index contributed by atoms with van der Waals surface area (Å²) < 4.78 is 32.5. The van der Waals surface area contributed by atoms with Crippen molar-refractivity contribution in [3.8, 4) is 0 Å². The number of hydrogen-bond acceptors (Lipinski definition) is 5. The lowest BCUT2D eigenvalue weighted by Gasteiger charge is -2.32. The average molecular weight is 460 g/mol. The zero-order valence-corrected chi connectivity index (χ0v) is 19.0. The molecule has 1 N–H and O–H groups in total. The Bertz CT molecular complexity index is 1040. The van der Waals surface area contributed by atoms with Gasteiger partial charge in [0.2, 0.25) is 10.0 Å². The van der Waals surface area contributed by atoms with Gasteiger partial charge in [0, 0.05) is 37.8 Å². The highest BCUT2D eigenvalue weighted by molar-refractivity contribution is 7.89. The molecule has 2 aliphatic rings. The van der Waals surface area contributed by atoms with Gasteiger partial charge >= 0.3 is 0 Å². The molecule has 2 aromatic rings. The van der Waals surface area contributed by atoms with E-state index in [9.17, 15) is 18.0 Å². The lowest BCUT2D eigenvalue weighted by molar-refractivity contribution is 0.0667. The summed E-state index contributed by atoms with van der Waals surface area (Å²) in [7, 11) is -3.54. The Morgan fingerprint density at radius 3 is 2.38 bits per heavy atom. The molecule has 8 nitrogen and oxygen atoms in total. The van der Waals surface area contributed by atoms with Crippen LogP contribution in [0.1, 0.15) is 53.5 Å². The van der Waals surface area contributed by atoms with Crippen LogP contribution in [-0.4, -0.2) is 61.7 Å². The lowest BCUT2D eigenvalue weighted by atomic mass is 10.0. The zero-order chi connectivity index (χ0) is 22.7. The number of carbonyl (C=O) groups is 2. The standard InChI is InChI=1S/C23H29N3O5S/c1-17-4-2-12-26(16-17)32(29,30)20-8-6-18(7-9-20)22(27)24-19-10-13-25(14-11-19)23(28)21-5-3-15-31-21/h3,5-9,15,17,19H,2,4,10-14,16H2,1H3,(H,24,27)/t17-/m1/s1. The van der Waals surface area contributed by atoms with E-state index >= 15 is 0 Å². The van der Waals surface area contributed by atoms with Crippen LogP contribution in [0, 0.1) is 5.92 Å². The van der Waals surface area contributed by atoms with Crippen molar-refractivity contribution in [3.63, 3.8) is 0 Å².